The number of hydrogen-bond acceptors (Lipinski definition) is 4. The number of rotatable bonds is 7. The van der Waals surface area contributed by atoms with Crippen LogP contribution in [0.2, 0.25) is 0 Å². The maximum absolute atomic E-state index is 12.3. The molecular weight excluding hydrogens is 296 g/mol. The van der Waals surface area contributed by atoms with Gasteiger partial charge >= 0.3 is 0 Å². The van der Waals surface area contributed by atoms with Crippen molar-refractivity contribution in [2.45, 2.75) is 36.8 Å². The zero-order valence-electron chi connectivity index (χ0n) is 12.8. The van der Waals surface area contributed by atoms with Gasteiger partial charge in [-0.05, 0) is 19.4 Å². The summed E-state index contributed by atoms with van der Waals surface area (Å²) in [6.45, 7) is 8.17. The van der Waals surface area contributed by atoms with Crippen molar-refractivity contribution in [3.8, 4) is 0 Å². The van der Waals surface area contributed by atoms with Gasteiger partial charge in [-0.15, -0.1) is 16.8 Å². The molecule has 6 heteroatoms. The fourth-order valence-electron chi connectivity index (χ4n) is 1.97. The fraction of sp³-hybridized carbons (Fsp3) is 0.312. The summed E-state index contributed by atoms with van der Waals surface area (Å²) in [4.78, 5) is 12.3. The molecule has 1 amide bonds. The second-order valence-corrected chi connectivity index (χ2v) is 6.26. The van der Waals surface area contributed by atoms with Crippen molar-refractivity contribution in [3.63, 3.8) is 0 Å². The largest absolute Gasteiger partial charge is 0.349 e. The van der Waals surface area contributed by atoms with Gasteiger partial charge in [0.15, 0.2) is 5.16 Å². The number of nitrogens with one attached hydrogen (secondary N) is 1. The lowest BCUT2D eigenvalue weighted by Crippen LogP contribution is -2.33. The zero-order valence-corrected chi connectivity index (χ0v) is 13.6. The average molecular weight is 316 g/mol. The van der Waals surface area contributed by atoms with Gasteiger partial charge in [-0.25, -0.2) is 0 Å². The van der Waals surface area contributed by atoms with E-state index in [1.165, 1.54) is 11.8 Å². The molecule has 0 spiro atoms. The number of carbonyl (C=O) groups excluding carboxylic acids is 1. The van der Waals surface area contributed by atoms with Crippen molar-refractivity contribution < 1.29 is 4.79 Å². The van der Waals surface area contributed by atoms with E-state index in [1.807, 2.05) is 48.7 Å². The van der Waals surface area contributed by atoms with Crippen molar-refractivity contribution in [1.29, 1.82) is 0 Å². The van der Waals surface area contributed by atoms with Crippen molar-refractivity contribution >= 4 is 17.7 Å². The number of allylic oxidation sites excluding steroid dienone is 1. The number of nitrogens with zero attached hydrogens (tertiary/aromatic N) is 3. The number of benzene rings is 1. The Kier molecular flexibility index (Phi) is 5.77. The Labute approximate surface area is 134 Å². The van der Waals surface area contributed by atoms with Gasteiger partial charge in [0.1, 0.15) is 6.33 Å². The maximum atomic E-state index is 12.3. The molecule has 0 aliphatic heterocycles. The minimum Gasteiger partial charge on any atom is -0.349 e. The maximum Gasteiger partial charge on any atom is 0.233 e. The highest BCUT2D eigenvalue weighted by molar-refractivity contribution is 8.00. The molecule has 0 radical (unpaired) electrons. The van der Waals surface area contributed by atoms with E-state index < -0.39 is 0 Å². The first kappa shape index (κ1) is 16.3. The van der Waals surface area contributed by atoms with E-state index in [1.54, 1.807) is 12.4 Å². The molecule has 116 valence electrons. The van der Waals surface area contributed by atoms with Gasteiger partial charge in [0.25, 0.3) is 0 Å². The topological polar surface area (TPSA) is 59.8 Å². The van der Waals surface area contributed by atoms with Gasteiger partial charge in [0, 0.05) is 6.54 Å². The summed E-state index contributed by atoms with van der Waals surface area (Å²) in [5.74, 6) is -0.0190. The molecule has 0 saturated heterocycles. The number of hydrogen-bond donors (Lipinski definition) is 1. The van der Waals surface area contributed by atoms with Crippen molar-refractivity contribution in [1.82, 2.24) is 20.1 Å². The summed E-state index contributed by atoms with van der Waals surface area (Å²) in [5, 5.41) is 11.4. The smallest absolute Gasteiger partial charge is 0.233 e. The summed E-state index contributed by atoms with van der Waals surface area (Å²) < 4.78 is 1.86. The Bertz CT molecular complexity index is 626. The van der Waals surface area contributed by atoms with Gasteiger partial charge in [0.2, 0.25) is 5.91 Å². The van der Waals surface area contributed by atoms with Crippen LogP contribution in [0, 0.1) is 0 Å². The molecular formula is C16H20N4OS. The molecule has 22 heavy (non-hydrogen) atoms. The van der Waals surface area contributed by atoms with Crippen LogP contribution in [0.5, 0.6) is 0 Å². The Morgan fingerprint density at radius 1 is 1.41 bits per heavy atom. The van der Waals surface area contributed by atoms with Crippen LogP contribution in [0.15, 0.2) is 54.5 Å². The lowest BCUT2D eigenvalue weighted by atomic mass is 10.1. The molecule has 2 atom stereocenters. The normalized spacial score (nSPS) is 13.4. The van der Waals surface area contributed by atoms with E-state index in [4.69, 9.17) is 0 Å². The Balaban J connectivity index is 1.94. The first-order chi connectivity index (χ1) is 10.6. The average Bonchev–Trinajstić information content (AvgIpc) is 2.95. The minimum atomic E-state index is -0.251. The van der Waals surface area contributed by atoms with Gasteiger partial charge in [-0.1, -0.05) is 48.2 Å². The molecule has 1 heterocycles. The van der Waals surface area contributed by atoms with E-state index in [-0.39, 0.29) is 17.2 Å². The third-order valence-electron chi connectivity index (χ3n) is 3.22. The van der Waals surface area contributed by atoms with Crippen LogP contribution in [-0.2, 0) is 11.3 Å². The standard InChI is InChI=1S/C16H20N4OS/c1-4-10-20-11-17-19-16(20)22-13(3)15(21)18-12(2)14-8-6-5-7-9-14/h4-9,11-13H,1,10H2,2-3H3,(H,18,21). The monoisotopic (exact) mass is 316 g/mol. The van der Waals surface area contributed by atoms with Crippen LogP contribution in [0.3, 0.4) is 0 Å². The molecule has 1 aromatic carbocycles. The number of carbonyl (C=O) groups is 1. The van der Waals surface area contributed by atoms with Crippen LogP contribution >= 0.6 is 11.8 Å². The molecule has 0 fully saturated rings. The van der Waals surface area contributed by atoms with Crippen LogP contribution in [0.4, 0.5) is 0 Å². The predicted octanol–water partition coefficient (Wildman–Crippen LogP) is 2.82. The second-order valence-electron chi connectivity index (χ2n) is 4.96. The fourth-order valence-corrected chi connectivity index (χ4v) is 2.81. The molecule has 0 aliphatic rings. The third kappa shape index (κ3) is 4.21. The molecule has 0 bridgehead atoms. The molecule has 1 aromatic heterocycles. The molecule has 1 N–H and O–H groups in total. The van der Waals surface area contributed by atoms with Crippen LogP contribution in [0.1, 0.15) is 25.5 Å². The highest BCUT2D eigenvalue weighted by atomic mass is 32.2. The quantitative estimate of drug-likeness (QED) is 0.630. The predicted molar refractivity (Wildman–Crippen MR) is 88.5 cm³/mol. The summed E-state index contributed by atoms with van der Waals surface area (Å²) in [5.41, 5.74) is 1.09. The lowest BCUT2D eigenvalue weighted by molar-refractivity contribution is -0.120. The van der Waals surface area contributed by atoms with Gasteiger partial charge < -0.3 is 9.88 Å². The molecule has 2 rings (SSSR count). The van der Waals surface area contributed by atoms with Crippen LogP contribution < -0.4 is 5.32 Å². The molecule has 5 nitrogen and oxygen atoms in total. The molecule has 2 unspecified atom stereocenters. The zero-order chi connectivity index (χ0) is 15.9. The number of amides is 1. The molecule has 0 saturated carbocycles. The van der Waals surface area contributed by atoms with Crippen LogP contribution in [-0.4, -0.2) is 25.9 Å². The Hall–Kier alpha value is -2.08. The van der Waals surface area contributed by atoms with Crippen molar-refractivity contribution in [2.24, 2.45) is 0 Å². The van der Waals surface area contributed by atoms with E-state index in [0.29, 0.717) is 6.54 Å². The Morgan fingerprint density at radius 2 is 2.14 bits per heavy atom. The highest BCUT2D eigenvalue weighted by Gasteiger charge is 2.19. The molecule has 0 aliphatic carbocycles. The highest BCUT2D eigenvalue weighted by Crippen LogP contribution is 2.22. The first-order valence-electron chi connectivity index (χ1n) is 7.12. The van der Waals surface area contributed by atoms with Gasteiger partial charge in [-0.3, -0.25) is 4.79 Å². The number of aromatic nitrogens is 3. The number of thioether (sulfide) groups is 1. The third-order valence-corrected chi connectivity index (χ3v) is 4.31. The summed E-state index contributed by atoms with van der Waals surface area (Å²) in [6.07, 6.45) is 3.41. The summed E-state index contributed by atoms with van der Waals surface area (Å²) in [7, 11) is 0. The molecule has 2 aromatic rings. The first-order valence-corrected chi connectivity index (χ1v) is 8.00. The van der Waals surface area contributed by atoms with Gasteiger partial charge in [0.05, 0.1) is 11.3 Å². The lowest BCUT2D eigenvalue weighted by Gasteiger charge is -2.17. The summed E-state index contributed by atoms with van der Waals surface area (Å²) in [6, 6.07) is 9.88. The van der Waals surface area contributed by atoms with E-state index in [2.05, 4.69) is 22.1 Å². The van der Waals surface area contributed by atoms with Crippen molar-refractivity contribution in [3.05, 3.63) is 54.9 Å². The van der Waals surface area contributed by atoms with Gasteiger partial charge in [-0.2, -0.15) is 0 Å². The second kappa shape index (κ2) is 7.79. The Morgan fingerprint density at radius 3 is 2.82 bits per heavy atom. The van der Waals surface area contributed by atoms with E-state index in [0.717, 1.165) is 10.7 Å². The van der Waals surface area contributed by atoms with E-state index in [9.17, 15) is 4.79 Å². The SMILES string of the molecule is C=CCn1cnnc1SC(C)C(=O)NC(C)c1ccccc1. The summed E-state index contributed by atoms with van der Waals surface area (Å²) >= 11 is 1.39. The van der Waals surface area contributed by atoms with Crippen LogP contribution in [0.25, 0.3) is 0 Å². The minimum absolute atomic E-state index is 0.0190. The van der Waals surface area contributed by atoms with Crippen molar-refractivity contribution in [2.75, 3.05) is 0 Å². The van der Waals surface area contributed by atoms with E-state index >= 15 is 0 Å².